The van der Waals surface area contributed by atoms with Crippen LogP contribution in [0.2, 0.25) is 0 Å². The van der Waals surface area contributed by atoms with Crippen molar-refractivity contribution in [3.8, 4) is 0 Å². The van der Waals surface area contributed by atoms with Gasteiger partial charge in [0.05, 0.1) is 12.2 Å². The summed E-state index contributed by atoms with van der Waals surface area (Å²) in [5.41, 5.74) is 0. The van der Waals surface area contributed by atoms with Crippen molar-refractivity contribution in [2.45, 2.75) is 94.9 Å². The highest BCUT2D eigenvalue weighted by Crippen LogP contribution is 2.30. The maximum absolute atomic E-state index is 10.00. The van der Waals surface area contributed by atoms with Crippen LogP contribution in [0.1, 0.15) is 27.7 Å². The molecule has 0 aromatic heterocycles. The number of hydrogen-bond acceptors (Lipinski definition) is 10. The highest BCUT2D eigenvalue weighted by atomic mass is 16.8. The van der Waals surface area contributed by atoms with Crippen LogP contribution in [0, 0.1) is 0 Å². The van der Waals surface area contributed by atoms with Crippen LogP contribution < -0.4 is 0 Å². The molecule has 0 aliphatic carbocycles. The lowest BCUT2D eigenvalue weighted by molar-refractivity contribution is -0.401. The molecule has 2 saturated heterocycles. The molecule has 6 N–H and O–H groups in total. The molecule has 0 unspecified atom stereocenters. The quantitative estimate of drug-likeness (QED) is 0.291. The first-order valence-corrected chi connectivity index (χ1v) is 8.19. The highest BCUT2D eigenvalue weighted by Gasteiger charge is 2.48. The van der Waals surface area contributed by atoms with Gasteiger partial charge in [-0.2, -0.15) is 0 Å². The molecular formula is C15H28O10. The molecule has 2 heterocycles. The van der Waals surface area contributed by atoms with Crippen LogP contribution in [-0.2, 0) is 18.9 Å². The van der Waals surface area contributed by atoms with E-state index >= 15 is 0 Å². The minimum Gasteiger partial charge on any atom is -0.388 e. The zero-order chi connectivity index (χ0) is 19.1. The van der Waals surface area contributed by atoms with Gasteiger partial charge >= 0.3 is 0 Å². The van der Waals surface area contributed by atoms with E-state index in [4.69, 9.17) is 18.9 Å². The molecule has 2 aliphatic heterocycles. The number of ether oxygens (including phenoxy) is 4. The largest absolute Gasteiger partial charge is 0.388 e. The summed E-state index contributed by atoms with van der Waals surface area (Å²) in [5.74, 6) is -1.46. The van der Waals surface area contributed by atoms with Gasteiger partial charge in [-0.3, -0.25) is 0 Å². The minimum atomic E-state index is -1.52. The molecule has 10 atom stereocenters. The molecule has 0 spiro atoms. The second-order valence-corrected chi connectivity index (χ2v) is 7.00. The van der Waals surface area contributed by atoms with Crippen molar-refractivity contribution < 1.29 is 49.6 Å². The Labute approximate surface area is 145 Å². The van der Waals surface area contributed by atoms with Crippen molar-refractivity contribution in [3.63, 3.8) is 0 Å². The lowest BCUT2D eigenvalue weighted by Crippen LogP contribution is -2.61. The Kier molecular flexibility index (Phi) is 6.43. The lowest BCUT2D eigenvalue weighted by Gasteiger charge is -2.44. The molecule has 0 saturated carbocycles. The molecule has 0 bridgehead atoms. The van der Waals surface area contributed by atoms with E-state index in [1.807, 2.05) is 0 Å². The van der Waals surface area contributed by atoms with E-state index in [9.17, 15) is 30.6 Å². The predicted octanol–water partition coefficient (Wildman–Crippen LogP) is -2.59. The van der Waals surface area contributed by atoms with Gasteiger partial charge in [-0.05, 0) is 27.7 Å². The Morgan fingerprint density at radius 2 is 0.920 bits per heavy atom. The van der Waals surface area contributed by atoms with Crippen LogP contribution in [0.4, 0.5) is 0 Å². The Morgan fingerprint density at radius 3 is 1.24 bits per heavy atom. The van der Waals surface area contributed by atoms with E-state index in [0.717, 1.165) is 0 Å². The third-order valence-corrected chi connectivity index (χ3v) is 4.42. The SMILES string of the molecule is C[C@@H]1O[C@@H](OC(C)(C)O[C@@H]2O[C@@H](C)[C@@H](O)[C@@H](O)[C@@H]2O)[C@@H](O)[C@H](O)[C@@H]1O. The topological polar surface area (TPSA) is 158 Å². The van der Waals surface area contributed by atoms with Crippen LogP contribution in [-0.4, -0.2) is 97.8 Å². The van der Waals surface area contributed by atoms with Gasteiger partial charge in [0.2, 0.25) is 0 Å². The molecule has 0 radical (unpaired) electrons. The van der Waals surface area contributed by atoms with E-state index in [1.165, 1.54) is 27.7 Å². The predicted molar refractivity (Wildman–Crippen MR) is 81.0 cm³/mol. The first kappa shape index (κ1) is 20.9. The van der Waals surface area contributed by atoms with Crippen LogP contribution >= 0.6 is 0 Å². The van der Waals surface area contributed by atoms with Gasteiger partial charge in [-0.15, -0.1) is 0 Å². The summed E-state index contributed by atoms with van der Waals surface area (Å²) < 4.78 is 21.7. The molecule has 0 amide bonds. The first-order chi connectivity index (χ1) is 11.4. The molecule has 0 aromatic rings. The molecule has 0 aromatic carbocycles. The van der Waals surface area contributed by atoms with Crippen LogP contribution in [0.15, 0.2) is 0 Å². The smallest absolute Gasteiger partial charge is 0.189 e. The Bertz CT molecular complexity index is 408. The summed E-state index contributed by atoms with van der Waals surface area (Å²) in [7, 11) is 0. The van der Waals surface area contributed by atoms with E-state index in [2.05, 4.69) is 0 Å². The van der Waals surface area contributed by atoms with Crippen LogP contribution in [0.25, 0.3) is 0 Å². The first-order valence-electron chi connectivity index (χ1n) is 8.19. The van der Waals surface area contributed by atoms with Crippen molar-refractivity contribution in [1.82, 2.24) is 0 Å². The standard InChI is InChI=1S/C15H28O10/c1-5-7(16)9(18)11(20)13(22-5)24-15(3,4)25-14-12(21)10(19)8(17)6(2)23-14/h5-14,16-21H,1-4H3/t5-,6-,7+,8+,9+,10+,11-,12-,13-,14-/m0/s1. The van der Waals surface area contributed by atoms with E-state index < -0.39 is 67.2 Å². The average Bonchev–Trinajstić information content (AvgIpc) is 2.53. The van der Waals surface area contributed by atoms with Gasteiger partial charge in [-0.1, -0.05) is 0 Å². The summed E-state index contributed by atoms with van der Waals surface area (Å²) >= 11 is 0. The summed E-state index contributed by atoms with van der Waals surface area (Å²) in [5, 5.41) is 59.0. The van der Waals surface area contributed by atoms with Crippen LogP contribution in [0.3, 0.4) is 0 Å². The maximum atomic E-state index is 10.00. The average molecular weight is 368 g/mol. The molecule has 2 rings (SSSR count). The lowest BCUT2D eigenvalue weighted by atomic mass is 10.00. The van der Waals surface area contributed by atoms with Gasteiger partial charge < -0.3 is 49.6 Å². The zero-order valence-electron chi connectivity index (χ0n) is 14.6. The maximum Gasteiger partial charge on any atom is 0.189 e. The molecular weight excluding hydrogens is 340 g/mol. The monoisotopic (exact) mass is 368 g/mol. The Morgan fingerprint density at radius 1 is 0.600 bits per heavy atom. The molecule has 2 fully saturated rings. The van der Waals surface area contributed by atoms with Crippen molar-refractivity contribution in [1.29, 1.82) is 0 Å². The van der Waals surface area contributed by atoms with Gasteiger partial charge in [0.15, 0.2) is 18.4 Å². The van der Waals surface area contributed by atoms with E-state index in [1.54, 1.807) is 0 Å². The summed E-state index contributed by atoms with van der Waals surface area (Å²) in [6.45, 7) is 5.95. The second-order valence-electron chi connectivity index (χ2n) is 7.00. The van der Waals surface area contributed by atoms with Crippen LogP contribution in [0.5, 0.6) is 0 Å². The van der Waals surface area contributed by atoms with Gasteiger partial charge in [-0.25, -0.2) is 0 Å². The van der Waals surface area contributed by atoms with Crippen molar-refractivity contribution in [2.24, 2.45) is 0 Å². The third kappa shape index (κ3) is 4.48. The van der Waals surface area contributed by atoms with Crippen molar-refractivity contribution in [2.75, 3.05) is 0 Å². The van der Waals surface area contributed by atoms with Gasteiger partial charge in [0.1, 0.15) is 36.6 Å². The van der Waals surface area contributed by atoms with Crippen molar-refractivity contribution in [3.05, 3.63) is 0 Å². The zero-order valence-corrected chi connectivity index (χ0v) is 14.6. The van der Waals surface area contributed by atoms with Gasteiger partial charge in [0.25, 0.3) is 0 Å². The molecule has 25 heavy (non-hydrogen) atoms. The molecule has 2 aliphatic rings. The second kappa shape index (κ2) is 7.69. The number of hydrogen-bond donors (Lipinski definition) is 6. The summed E-state index contributed by atoms with van der Waals surface area (Å²) in [6.07, 6.45) is -12.6. The van der Waals surface area contributed by atoms with Crippen molar-refractivity contribution >= 4 is 0 Å². The van der Waals surface area contributed by atoms with E-state index in [0.29, 0.717) is 0 Å². The molecule has 10 nitrogen and oxygen atoms in total. The third-order valence-electron chi connectivity index (χ3n) is 4.42. The molecule has 10 heteroatoms. The summed E-state index contributed by atoms with van der Waals surface area (Å²) in [4.78, 5) is 0. The fourth-order valence-electron chi connectivity index (χ4n) is 2.81. The highest BCUT2D eigenvalue weighted by molar-refractivity contribution is 4.89. The summed E-state index contributed by atoms with van der Waals surface area (Å²) in [6, 6.07) is 0. The Hall–Kier alpha value is -0.400. The Balaban J connectivity index is 2.01. The fourth-order valence-corrected chi connectivity index (χ4v) is 2.81. The molecule has 148 valence electrons. The van der Waals surface area contributed by atoms with Gasteiger partial charge in [0, 0.05) is 0 Å². The number of aliphatic hydroxyl groups is 6. The number of rotatable bonds is 4. The fraction of sp³-hybridized carbons (Fsp3) is 1.00. The number of aliphatic hydroxyl groups excluding tert-OH is 6. The minimum absolute atomic E-state index is 0.785. The normalized spacial score (nSPS) is 49.2. The van der Waals surface area contributed by atoms with E-state index in [-0.39, 0.29) is 0 Å².